The first-order valence-electron chi connectivity index (χ1n) is 3.76. The van der Waals surface area contributed by atoms with Gasteiger partial charge in [-0.25, -0.2) is 0 Å². The van der Waals surface area contributed by atoms with Crippen LogP contribution in [0.25, 0.3) is 6.08 Å². The molecule has 60 valence electrons. The Bertz CT molecular complexity index is 344. The van der Waals surface area contributed by atoms with Crippen LogP contribution in [0.15, 0.2) is 18.3 Å². The van der Waals surface area contributed by atoms with Crippen LogP contribution in [0.2, 0.25) is 0 Å². The molecule has 0 atom stereocenters. The van der Waals surface area contributed by atoms with Crippen LogP contribution in [0.1, 0.15) is 16.1 Å². The average Bonchev–Trinajstić information content (AvgIpc) is 2.17. The van der Waals surface area contributed by atoms with Gasteiger partial charge in [-0.1, -0.05) is 12.2 Å². The van der Waals surface area contributed by atoms with E-state index in [1.165, 1.54) is 0 Å². The summed E-state index contributed by atoms with van der Waals surface area (Å²) in [6, 6.07) is 1.87. The zero-order chi connectivity index (χ0) is 8.39. The molecular formula is C9H8N2O. The van der Waals surface area contributed by atoms with Gasteiger partial charge in [-0.3, -0.25) is 9.78 Å². The second-order valence-electron chi connectivity index (χ2n) is 2.56. The van der Waals surface area contributed by atoms with Crippen molar-refractivity contribution in [2.45, 2.75) is 0 Å². The Labute approximate surface area is 70.1 Å². The van der Waals surface area contributed by atoms with Gasteiger partial charge in [0.1, 0.15) is 5.69 Å². The van der Waals surface area contributed by atoms with Crippen LogP contribution < -0.4 is 5.32 Å². The van der Waals surface area contributed by atoms with Gasteiger partial charge in [0, 0.05) is 24.0 Å². The standard InChI is InChI=1S/C9H8N2O/c12-6-9-7-2-1-4-10-8(7)3-5-11-9/h1-3,5-6,10H,4H2. The van der Waals surface area contributed by atoms with Crippen molar-refractivity contribution in [2.75, 3.05) is 11.9 Å². The SMILES string of the molecule is O=Cc1nccc2c1C=CCN2. The summed E-state index contributed by atoms with van der Waals surface area (Å²) in [5.74, 6) is 0. The molecule has 1 aliphatic heterocycles. The van der Waals surface area contributed by atoms with Crippen LogP contribution in [-0.4, -0.2) is 17.8 Å². The minimum atomic E-state index is 0.496. The third kappa shape index (κ3) is 0.993. The van der Waals surface area contributed by atoms with Crippen LogP contribution >= 0.6 is 0 Å². The Morgan fingerprint density at radius 1 is 1.58 bits per heavy atom. The van der Waals surface area contributed by atoms with Crippen molar-refractivity contribution in [3.05, 3.63) is 29.6 Å². The highest BCUT2D eigenvalue weighted by atomic mass is 16.1. The highest BCUT2D eigenvalue weighted by molar-refractivity contribution is 5.85. The summed E-state index contributed by atoms with van der Waals surface area (Å²) in [6.07, 6.45) is 6.30. The van der Waals surface area contributed by atoms with E-state index in [-0.39, 0.29) is 0 Å². The number of aldehydes is 1. The lowest BCUT2D eigenvalue weighted by atomic mass is 10.1. The molecule has 0 fully saturated rings. The van der Waals surface area contributed by atoms with E-state index >= 15 is 0 Å². The second-order valence-corrected chi connectivity index (χ2v) is 2.56. The molecule has 0 bridgehead atoms. The number of nitrogens with zero attached hydrogens (tertiary/aromatic N) is 1. The monoisotopic (exact) mass is 160 g/mol. The highest BCUT2D eigenvalue weighted by Gasteiger charge is 2.07. The summed E-state index contributed by atoms with van der Waals surface area (Å²) in [5.41, 5.74) is 2.37. The number of hydrogen-bond donors (Lipinski definition) is 1. The van der Waals surface area contributed by atoms with Crippen LogP contribution in [0, 0.1) is 0 Å². The Morgan fingerprint density at radius 3 is 3.33 bits per heavy atom. The minimum absolute atomic E-state index is 0.496. The average molecular weight is 160 g/mol. The molecule has 3 heteroatoms. The molecule has 2 heterocycles. The minimum Gasteiger partial charge on any atom is -0.381 e. The predicted molar refractivity (Wildman–Crippen MR) is 47.1 cm³/mol. The van der Waals surface area contributed by atoms with Crippen molar-refractivity contribution in [3.8, 4) is 0 Å². The summed E-state index contributed by atoms with van der Waals surface area (Å²) < 4.78 is 0. The van der Waals surface area contributed by atoms with Gasteiger partial charge in [0.05, 0.1) is 0 Å². The summed E-state index contributed by atoms with van der Waals surface area (Å²) in [6.45, 7) is 0.815. The first-order valence-corrected chi connectivity index (χ1v) is 3.76. The molecule has 0 radical (unpaired) electrons. The zero-order valence-electron chi connectivity index (χ0n) is 6.45. The van der Waals surface area contributed by atoms with Crippen molar-refractivity contribution in [2.24, 2.45) is 0 Å². The second kappa shape index (κ2) is 2.77. The third-order valence-electron chi connectivity index (χ3n) is 1.83. The molecule has 0 amide bonds. The molecule has 0 aliphatic carbocycles. The lowest BCUT2D eigenvalue weighted by molar-refractivity contribution is 0.111. The Balaban J connectivity index is 2.61. The first-order chi connectivity index (χ1) is 5.92. The van der Waals surface area contributed by atoms with Gasteiger partial charge in [0.15, 0.2) is 6.29 Å². The van der Waals surface area contributed by atoms with Gasteiger partial charge < -0.3 is 5.32 Å². The first kappa shape index (κ1) is 7.03. The van der Waals surface area contributed by atoms with Crippen molar-refractivity contribution in [1.82, 2.24) is 4.98 Å². The quantitative estimate of drug-likeness (QED) is 0.630. The molecule has 1 aliphatic rings. The van der Waals surface area contributed by atoms with Crippen molar-refractivity contribution >= 4 is 18.0 Å². The number of nitrogens with one attached hydrogen (secondary N) is 1. The topological polar surface area (TPSA) is 42.0 Å². The third-order valence-corrected chi connectivity index (χ3v) is 1.83. The fourth-order valence-corrected chi connectivity index (χ4v) is 1.26. The van der Waals surface area contributed by atoms with Gasteiger partial charge in [-0.15, -0.1) is 0 Å². The summed E-state index contributed by atoms with van der Waals surface area (Å²) >= 11 is 0. The van der Waals surface area contributed by atoms with Gasteiger partial charge in [0.2, 0.25) is 0 Å². The zero-order valence-corrected chi connectivity index (χ0v) is 6.45. The maximum Gasteiger partial charge on any atom is 0.169 e. The number of hydrogen-bond acceptors (Lipinski definition) is 3. The lowest BCUT2D eigenvalue weighted by Gasteiger charge is -2.12. The maximum absolute atomic E-state index is 10.6. The van der Waals surface area contributed by atoms with E-state index in [0.717, 1.165) is 24.1 Å². The molecule has 1 aromatic heterocycles. The number of rotatable bonds is 1. The van der Waals surface area contributed by atoms with E-state index in [1.54, 1.807) is 6.20 Å². The van der Waals surface area contributed by atoms with E-state index in [4.69, 9.17) is 0 Å². The smallest absolute Gasteiger partial charge is 0.169 e. The fourth-order valence-electron chi connectivity index (χ4n) is 1.26. The molecule has 0 unspecified atom stereocenters. The van der Waals surface area contributed by atoms with Crippen LogP contribution in [-0.2, 0) is 0 Å². The maximum atomic E-state index is 10.6. The number of pyridine rings is 1. The summed E-state index contributed by atoms with van der Waals surface area (Å²) in [5, 5.41) is 3.15. The van der Waals surface area contributed by atoms with Crippen LogP contribution in [0.3, 0.4) is 0 Å². The van der Waals surface area contributed by atoms with E-state index < -0.39 is 0 Å². The molecular weight excluding hydrogens is 152 g/mol. The number of carbonyl (C=O) groups excluding carboxylic acids is 1. The number of aromatic nitrogens is 1. The van der Waals surface area contributed by atoms with Gasteiger partial charge >= 0.3 is 0 Å². The Morgan fingerprint density at radius 2 is 2.50 bits per heavy atom. The van der Waals surface area contributed by atoms with Crippen molar-refractivity contribution < 1.29 is 4.79 Å². The summed E-state index contributed by atoms with van der Waals surface area (Å²) in [4.78, 5) is 14.5. The van der Waals surface area contributed by atoms with E-state index in [9.17, 15) is 4.79 Å². The Kier molecular flexibility index (Phi) is 1.63. The lowest BCUT2D eigenvalue weighted by Crippen LogP contribution is -2.07. The van der Waals surface area contributed by atoms with Gasteiger partial charge in [-0.2, -0.15) is 0 Å². The number of anilines is 1. The van der Waals surface area contributed by atoms with Gasteiger partial charge in [-0.05, 0) is 6.07 Å². The van der Waals surface area contributed by atoms with Gasteiger partial charge in [0.25, 0.3) is 0 Å². The van der Waals surface area contributed by atoms with E-state index in [2.05, 4.69) is 10.3 Å². The molecule has 0 saturated heterocycles. The molecule has 0 saturated carbocycles. The largest absolute Gasteiger partial charge is 0.381 e. The van der Waals surface area contributed by atoms with Crippen molar-refractivity contribution in [1.29, 1.82) is 0 Å². The number of carbonyl (C=O) groups is 1. The Hall–Kier alpha value is -1.64. The van der Waals surface area contributed by atoms with Crippen molar-refractivity contribution in [3.63, 3.8) is 0 Å². The molecule has 12 heavy (non-hydrogen) atoms. The molecule has 0 aromatic carbocycles. The van der Waals surface area contributed by atoms with E-state index in [1.807, 2.05) is 18.2 Å². The van der Waals surface area contributed by atoms with Crippen LogP contribution in [0.4, 0.5) is 5.69 Å². The summed E-state index contributed by atoms with van der Waals surface area (Å²) in [7, 11) is 0. The van der Waals surface area contributed by atoms with Crippen LogP contribution in [0.5, 0.6) is 0 Å². The molecule has 2 rings (SSSR count). The number of fused-ring (bicyclic) bond motifs is 1. The molecule has 3 nitrogen and oxygen atoms in total. The fraction of sp³-hybridized carbons (Fsp3) is 0.111. The van der Waals surface area contributed by atoms with E-state index in [0.29, 0.717) is 5.69 Å². The predicted octanol–water partition coefficient (Wildman–Crippen LogP) is 1.33. The normalized spacial score (nSPS) is 13.3. The highest BCUT2D eigenvalue weighted by Crippen LogP contribution is 2.21. The molecule has 1 N–H and O–H groups in total. The molecule has 1 aromatic rings. The molecule has 0 spiro atoms.